The van der Waals surface area contributed by atoms with Gasteiger partial charge in [0.25, 0.3) is 0 Å². The molecule has 1 aromatic rings. The minimum atomic E-state index is -0.549. The molecular weight excluding hydrogens is 344 g/mol. The lowest BCUT2D eigenvalue weighted by molar-refractivity contribution is -0.116. The van der Waals surface area contributed by atoms with Crippen LogP contribution in [0.2, 0.25) is 0 Å². The standard InChI is InChI=1S/C18H24O6S/c1-10(19)6-12(20)16-13(21)8-14-11(17(16)22-4)7-15(24-14)18(2,3)23-9-25-5/h8,15,21H,6-7,9H2,1-5H3. The van der Waals surface area contributed by atoms with Crippen LogP contribution in [0.25, 0.3) is 0 Å². The molecule has 1 aromatic carbocycles. The van der Waals surface area contributed by atoms with Gasteiger partial charge in [0.05, 0.1) is 19.5 Å². The molecule has 0 amide bonds. The SMILES string of the molecule is COc1c2c(cc(O)c1C(=O)CC(C)=O)OC(C(C)(C)OCSC)C2. The first kappa shape index (κ1) is 19.6. The molecule has 0 bridgehead atoms. The second kappa shape index (κ2) is 7.66. The van der Waals surface area contributed by atoms with Crippen molar-refractivity contribution in [1.82, 2.24) is 0 Å². The molecule has 0 radical (unpaired) electrons. The van der Waals surface area contributed by atoms with Gasteiger partial charge in [0.15, 0.2) is 5.78 Å². The van der Waals surface area contributed by atoms with Crippen LogP contribution >= 0.6 is 11.8 Å². The molecule has 1 aliphatic rings. The number of hydrogen-bond acceptors (Lipinski definition) is 7. The van der Waals surface area contributed by atoms with Crippen molar-refractivity contribution in [3.8, 4) is 17.2 Å². The first-order chi connectivity index (χ1) is 11.7. The zero-order valence-corrected chi connectivity index (χ0v) is 16.0. The molecule has 1 heterocycles. The second-order valence-electron chi connectivity index (χ2n) is 6.55. The zero-order chi connectivity index (χ0) is 18.8. The summed E-state index contributed by atoms with van der Waals surface area (Å²) >= 11 is 1.57. The number of benzene rings is 1. The Balaban J connectivity index is 2.38. The third kappa shape index (κ3) is 4.10. The van der Waals surface area contributed by atoms with Crippen LogP contribution in [0.1, 0.15) is 43.1 Å². The highest BCUT2D eigenvalue weighted by Crippen LogP contribution is 2.45. The van der Waals surface area contributed by atoms with Crippen molar-refractivity contribution in [1.29, 1.82) is 0 Å². The molecule has 138 valence electrons. The molecule has 0 saturated heterocycles. The van der Waals surface area contributed by atoms with E-state index in [1.165, 1.54) is 20.1 Å². The molecule has 25 heavy (non-hydrogen) atoms. The number of phenols is 1. The van der Waals surface area contributed by atoms with E-state index in [0.717, 1.165) is 0 Å². The topological polar surface area (TPSA) is 82.1 Å². The van der Waals surface area contributed by atoms with E-state index in [2.05, 4.69) is 0 Å². The molecule has 1 unspecified atom stereocenters. The highest BCUT2D eigenvalue weighted by molar-refractivity contribution is 7.98. The number of rotatable bonds is 8. The normalized spacial score (nSPS) is 16.3. The van der Waals surface area contributed by atoms with Crippen molar-refractivity contribution < 1.29 is 28.9 Å². The number of phenolic OH excluding ortho intramolecular Hbond substituents is 1. The summed E-state index contributed by atoms with van der Waals surface area (Å²) in [5.41, 5.74) is 0.188. The molecule has 0 spiro atoms. The molecule has 7 heteroatoms. The lowest BCUT2D eigenvalue weighted by Crippen LogP contribution is -2.42. The Morgan fingerprint density at radius 3 is 2.68 bits per heavy atom. The van der Waals surface area contributed by atoms with Gasteiger partial charge in [-0.1, -0.05) is 0 Å². The van der Waals surface area contributed by atoms with Gasteiger partial charge >= 0.3 is 0 Å². The Labute approximate surface area is 151 Å². The van der Waals surface area contributed by atoms with Gasteiger partial charge in [-0.05, 0) is 27.0 Å². The predicted octanol–water partition coefficient (Wildman–Crippen LogP) is 2.98. The zero-order valence-electron chi connectivity index (χ0n) is 15.2. The quantitative estimate of drug-likeness (QED) is 0.429. The number of methoxy groups -OCH3 is 1. The average Bonchev–Trinajstić information content (AvgIpc) is 2.95. The van der Waals surface area contributed by atoms with E-state index in [0.29, 0.717) is 23.7 Å². The second-order valence-corrected chi connectivity index (χ2v) is 7.36. The van der Waals surface area contributed by atoms with Gasteiger partial charge in [0.2, 0.25) is 0 Å². The average molecular weight is 368 g/mol. The number of aromatic hydroxyl groups is 1. The summed E-state index contributed by atoms with van der Waals surface area (Å²) in [6.07, 6.45) is 1.88. The summed E-state index contributed by atoms with van der Waals surface area (Å²) < 4.78 is 17.2. The fraction of sp³-hybridized carbons (Fsp3) is 0.556. The maximum atomic E-state index is 12.3. The van der Waals surface area contributed by atoms with Gasteiger partial charge in [0.1, 0.15) is 40.3 Å². The summed E-state index contributed by atoms with van der Waals surface area (Å²) in [4.78, 5) is 23.6. The minimum Gasteiger partial charge on any atom is -0.507 e. The van der Waals surface area contributed by atoms with Gasteiger partial charge in [-0.15, -0.1) is 11.8 Å². The fourth-order valence-electron chi connectivity index (χ4n) is 2.84. The maximum Gasteiger partial charge on any atom is 0.177 e. The number of hydrogen-bond donors (Lipinski definition) is 1. The Bertz CT molecular complexity index is 683. The van der Waals surface area contributed by atoms with Crippen molar-refractivity contribution in [3.63, 3.8) is 0 Å². The van der Waals surface area contributed by atoms with Gasteiger partial charge < -0.3 is 19.3 Å². The van der Waals surface area contributed by atoms with Crippen molar-refractivity contribution in [2.24, 2.45) is 0 Å². The van der Waals surface area contributed by atoms with Crippen LogP contribution < -0.4 is 9.47 Å². The number of carbonyl (C=O) groups is 2. The number of fused-ring (bicyclic) bond motifs is 1. The number of thioether (sulfide) groups is 1. The highest BCUT2D eigenvalue weighted by atomic mass is 32.2. The van der Waals surface area contributed by atoms with E-state index < -0.39 is 11.4 Å². The van der Waals surface area contributed by atoms with Gasteiger partial charge in [0, 0.05) is 18.1 Å². The van der Waals surface area contributed by atoms with Crippen molar-refractivity contribution in [2.45, 2.75) is 45.3 Å². The summed E-state index contributed by atoms with van der Waals surface area (Å²) in [6, 6.07) is 1.41. The summed E-state index contributed by atoms with van der Waals surface area (Å²) in [5, 5.41) is 10.3. The van der Waals surface area contributed by atoms with Crippen molar-refractivity contribution >= 4 is 23.3 Å². The van der Waals surface area contributed by atoms with E-state index in [4.69, 9.17) is 14.2 Å². The molecule has 0 fully saturated rings. The van der Waals surface area contributed by atoms with Gasteiger partial charge in [-0.3, -0.25) is 9.59 Å². The van der Waals surface area contributed by atoms with Crippen LogP contribution in [0.15, 0.2) is 6.07 Å². The summed E-state index contributed by atoms with van der Waals surface area (Å²) in [6.45, 7) is 5.21. The van der Waals surface area contributed by atoms with Crippen LogP contribution in [-0.2, 0) is 16.0 Å². The number of ketones is 2. The fourth-order valence-corrected chi connectivity index (χ4v) is 3.26. The molecule has 0 saturated carbocycles. The van der Waals surface area contributed by atoms with Crippen LogP contribution in [0.4, 0.5) is 0 Å². The first-order valence-electron chi connectivity index (χ1n) is 7.96. The molecule has 1 N–H and O–H groups in total. The number of ether oxygens (including phenoxy) is 3. The molecule has 2 rings (SSSR count). The van der Waals surface area contributed by atoms with Crippen LogP contribution in [-0.4, -0.2) is 47.7 Å². The molecule has 0 aromatic heterocycles. The maximum absolute atomic E-state index is 12.3. The molecule has 1 aliphatic heterocycles. The Morgan fingerprint density at radius 1 is 1.44 bits per heavy atom. The summed E-state index contributed by atoms with van der Waals surface area (Å²) in [7, 11) is 1.43. The minimum absolute atomic E-state index is 0.0311. The first-order valence-corrected chi connectivity index (χ1v) is 9.35. The molecular formula is C18H24O6S. The molecule has 1 atom stereocenters. The largest absolute Gasteiger partial charge is 0.507 e. The monoisotopic (exact) mass is 368 g/mol. The van der Waals surface area contributed by atoms with Crippen LogP contribution in [0, 0.1) is 0 Å². The van der Waals surface area contributed by atoms with Crippen molar-refractivity contribution in [2.75, 3.05) is 19.3 Å². The third-order valence-corrected chi connectivity index (χ3v) is 4.55. The van der Waals surface area contributed by atoms with Crippen LogP contribution in [0.5, 0.6) is 17.2 Å². The van der Waals surface area contributed by atoms with E-state index >= 15 is 0 Å². The lowest BCUT2D eigenvalue weighted by atomic mass is 9.94. The summed E-state index contributed by atoms with van der Waals surface area (Å²) in [5.74, 6) is 0.293. The van der Waals surface area contributed by atoms with E-state index in [9.17, 15) is 14.7 Å². The Morgan fingerprint density at radius 2 is 2.12 bits per heavy atom. The highest BCUT2D eigenvalue weighted by Gasteiger charge is 2.40. The molecule has 0 aliphatic carbocycles. The van der Waals surface area contributed by atoms with E-state index in [1.807, 2.05) is 20.1 Å². The number of Topliss-reactive ketones (excluding diaryl/α,β-unsaturated/α-hetero) is 2. The Kier molecular flexibility index (Phi) is 6.00. The Hall–Kier alpha value is -1.73. The van der Waals surface area contributed by atoms with Crippen LogP contribution in [0.3, 0.4) is 0 Å². The van der Waals surface area contributed by atoms with E-state index in [1.54, 1.807) is 11.8 Å². The van der Waals surface area contributed by atoms with Gasteiger partial charge in [-0.2, -0.15) is 0 Å². The lowest BCUT2D eigenvalue weighted by Gasteiger charge is -2.30. The predicted molar refractivity (Wildman–Crippen MR) is 96.0 cm³/mol. The third-order valence-electron chi connectivity index (χ3n) is 4.20. The van der Waals surface area contributed by atoms with Gasteiger partial charge in [-0.25, -0.2) is 0 Å². The molecule has 6 nitrogen and oxygen atoms in total. The smallest absolute Gasteiger partial charge is 0.177 e. The van der Waals surface area contributed by atoms with Crippen molar-refractivity contribution in [3.05, 3.63) is 17.2 Å². The van der Waals surface area contributed by atoms with E-state index in [-0.39, 0.29) is 35.4 Å². The number of carbonyl (C=O) groups excluding carboxylic acids is 2.